The van der Waals surface area contributed by atoms with Gasteiger partial charge in [0.1, 0.15) is 0 Å². The number of carbonyl (C=O) groups is 1. The molecule has 0 N–H and O–H groups in total. The first-order chi connectivity index (χ1) is 6.36. The Morgan fingerprint density at radius 2 is 2.15 bits per heavy atom. The van der Waals surface area contributed by atoms with Crippen molar-refractivity contribution < 1.29 is 4.79 Å². The van der Waals surface area contributed by atoms with Gasteiger partial charge in [0.15, 0.2) is 0 Å². The largest absolute Gasteiger partial charge is 0.290 e. The summed E-state index contributed by atoms with van der Waals surface area (Å²) >= 11 is 0. The van der Waals surface area contributed by atoms with Gasteiger partial charge in [-0.3, -0.25) is 9.36 Å². The van der Waals surface area contributed by atoms with Crippen LogP contribution in [0.1, 0.15) is 12.5 Å². The molecule has 0 bridgehead atoms. The lowest BCUT2D eigenvalue weighted by Crippen LogP contribution is -1.90. The van der Waals surface area contributed by atoms with E-state index in [0.29, 0.717) is 0 Å². The summed E-state index contributed by atoms with van der Waals surface area (Å²) in [6.45, 7) is 2.09. The van der Waals surface area contributed by atoms with Crippen molar-refractivity contribution >= 4 is 17.3 Å². The van der Waals surface area contributed by atoms with Gasteiger partial charge in [0.2, 0.25) is 6.41 Å². The van der Waals surface area contributed by atoms with Gasteiger partial charge < -0.3 is 0 Å². The molecule has 66 valence electrons. The molecule has 1 aromatic carbocycles. The van der Waals surface area contributed by atoms with E-state index in [9.17, 15) is 4.79 Å². The number of para-hydroxylation sites is 1. The summed E-state index contributed by atoms with van der Waals surface area (Å²) in [7, 11) is 0. The first-order valence-electron chi connectivity index (χ1n) is 4.40. The highest BCUT2D eigenvalue weighted by Gasteiger charge is 2.04. The van der Waals surface area contributed by atoms with Crippen molar-refractivity contribution in [2.24, 2.45) is 0 Å². The minimum atomic E-state index is 0.849. The van der Waals surface area contributed by atoms with Crippen LogP contribution in [0.15, 0.2) is 30.5 Å². The number of carbonyl (C=O) groups excluding carboxylic acids is 1. The van der Waals surface area contributed by atoms with Gasteiger partial charge in [-0.25, -0.2) is 0 Å². The number of aromatic nitrogens is 1. The van der Waals surface area contributed by atoms with Crippen molar-refractivity contribution in [1.82, 2.24) is 4.57 Å². The van der Waals surface area contributed by atoms with Gasteiger partial charge in [-0.05, 0) is 18.1 Å². The van der Waals surface area contributed by atoms with Crippen molar-refractivity contribution in [3.63, 3.8) is 0 Å². The summed E-state index contributed by atoms with van der Waals surface area (Å²) in [6.07, 6.45) is 3.71. The third-order valence-corrected chi connectivity index (χ3v) is 2.32. The summed E-state index contributed by atoms with van der Waals surface area (Å²) in [5, 5.41) is 1.18. The predicted molar refractivity (Wildman–Crippen MR) is 53.5 cm³/mol. The normalized spacial score (nSPS) is 10.5. The van der Waals surface area contributed by atoms with Crippen LogP contribution >= 0.6 is 0 Å². The van der Waals surface area contributed by atoms with E-state index >= 15 is 0 Å². The first-order valence-corrected chi connectivity index (χ1v) is 4.40. The fourth-order valence-corrected chi connectivity index (χ4v) is 1.65. The molecule has 0 unspecified atom stereocenters. The average Bonchev–Trinajstić information content (AvgIpc) is 2.56. The molecule has 2 heteroatoms. The Morgan fingerprint density at radius 3 is 2.85 bits per heavy atom. The highest BCUT2D eigenvalue weighted by atomic mass is 16.1. The molecular formula is C11H11NO. The Morgan fingerprint density at radius 1 is 1.38 bits per heavy atom. The molecule has 2 rings (SSSR count). The minimum absolute atomic E-state index is 0.849. The maximum atomic E-state index is 10.7. The zero-order valence-corrected chi connectivity index (χ0v) is 7.53. The van der Waals surface area contributed by atoms with Crippen LogP contribution in [0.5, 0.6) is 0 Å². The molecule has 2 nitrogen and oxygen atoms in total. The van der Waals surface area contributed by atoms with E-state index in [1.54, 1.807) is 4.57 Å². The number of hydrogen-bond acceptors (Lipinski definition) is 1. The zero-order valence-electron chi connectivity index (χ0n) is 7.53. The smallest absolute Gasteiger partial charge is 0.218 e. The molecule has 0 saturated heterocycles. The highest BCUT2D eigenvalue weighted by Crippen LogP contribution is 2.20. The van der Waals surface area contributed by atoms with E-state index in [-0.39, 0.29) is 0 Å². The lowest BCUT2D eigenvalue weighted by atomic mass is 10.1. The van der Waals surface area contributed by atoms with Crippen LogP contribution in [0, 0.1) is 0 Å². The number of rotatable bonds is 2. The van der Waals surface area contributed by atoms with Gasteiger partial charge in [-0.1, -0.05) is 25.1 Å². The molecule has 0 fully saturated rings. The second kappa shape index (κ2) is 3.05. The van der Waals surface area contributed by atoms with Gasteiger partial charge in [0.25, 0.3) is 0 Å². The summed E-state index contributed by atoms with van der Waals surface area (Å²) < 4.78 is 1.63. The molecule has 0 aliphatic rings. The minimum Gasteiger partial charge on any atom is -0.290 e. The Kier molecular flexibility index (Phi) is 1.89. The third-order valence-electron chi connectivity index (χ3n) is 2.32. The summed E-state index contributed by atoms with van der Waals surface area (Å²) in [5.74, 6) is 0. The fraction of sp³-hybridized carbons (Fsp3) is 0.182. The lowest BCUT2D eigenvalue weighted by molar-refractivity contribution is 0.549. The second-order valence-corrected chi connectivity index (χ2v) is 3.04. The fourth-order valence-electron chi connectivity index (χ4n) is 1.65. The molecular weight excluding hydrogens is 162 g/mol. The van der Waals surface area contributed by atoms with Gasteiger partial charge in [-0.2, -0.15) is 0 Å². The SMILES string of the molecule is CCc1cn(C=O)c2ccccc12. The summed E-state index contributed by atoms with van der Waals surface area (Å²) in [4.78, 5) is 10.7. The van der Waals surface area contributed by atoms with Crippen LogP contribution in [0.25, 0.3) is 10.9 Å². The quantitative estimate of drug-likeness (QED) is 0.638. The Hall–Kier alpha value is -1.57. The molecule has 1 aromatic heterocycles. The number of benzene rings is 1. The number of fused-ring (bicyclic) bond motifs is 1. The number of aryl methyl sites for hydroxylation is 1. The van der Waals surface area contributed by atoms with Crippen molar-refractivity contribution in [2.75, 3.05) is 0 Å². The van der Waals surface area contributed by atoms with Crippen LogP contribution in [-0.4, -0.2) is 11.0 Å². The van der Waals surface area contributed by atoms with E-state index < -0.39 is 0 Å². The van der Waals surface area contributed by atoms with E-state index in [1.165, 1.54) is 10.9 Å². The van der Waals surface area contributed by atoms with Crippen LogP contribution in [0.2, 0.25) is 0 Å². The van der Waals surface area contributed by atoms with Crippen molar-refractivity contribution in [1.29, 1.82) is 0 Å². The maximum absolute atomic E-state index is 10.7. The van der Waals surface area contributed by atoms with Crippen LogP contribution in [0.4, 0.5) is 0 Å². The van der Waals surface area contributed by atoms with Crippen LogP contribution in [-0.2, 0) is 11.2 Å². The van der Waals surface area contributed by atoms with Gasteiger partial charge in [0, 0.05) is 11.6 Å². The Bertz CT molecular complexity index is 442. The summed E-state index contributed by atoms with van der Waals surface area (Å²) in [6, 6.07) is 7.95. The second-order valence-electron chi connectivity index (χ2n) is 3.04. The molecule has 0 radical (unpaired) electrons. The van der Waals surface area contributed by atoms with E-state index in [4.69, 9.17) is 0 Å². The Labute approximate surface area is 76.8 Å². The lowest BCUT2D eigenvalue weighted by Gasteiger charge is -1.92. The molecule has 0 aliphatic heterocycles. The van der Waals surface area contributed by atoms with Gasteiger partial charge in [-0.15, -0.1) is 0 Å². The standard InChI is InChI=1S/C11H11NO/c1-2-9-7-12(8-13)11-6-4-3-5-10(9)11/h3-8H,2H2,1H3. The van der Waals surface area contributed by atoms with E-state index in [2.05, 4.69) is 6.92 Å². The monoisotopic (exact) mass is 173 g/mol. The maximum Gasteiger partial charge on any atom is 0.218 e. The average molecular weight is 173 g/mol. The topological polar surface area (TPSA) is 22.0 Å². The zero-order chi connectivity index (χ0) is 9.26. The number of nitrogens with zero attached hydrogens (tertiary/aromatic N) is 1. The molecule has 0 spiro atoms. The molecule has 0 amide bonds. The Balaban J connectivity index is 2.81. The van der Waals surface area contributed by atoms with E-state index in [0.717, 1.165) is 18.3 Å². The molecule has 0 atom stereocenters. The molecule has 0 saturated carbocycles. The number of hydrogen-bond donors (Lipinski definition) is 0. The molecule has 13 heavy (non-hydrogen) atoms. The van der Waals surface area contributed by atoms with Crippen LogP contribution in [0.3, 0.4) is 0 Å². The molecule has 0 aliphatic carbocycles. The predicted octanol–water partition coefficient (Wildman–Crippen LogP) is 2.24. The highest BCUT2D eigenvalue weighted by molar-refractivity contribution is 5.88. The van der Waals surface area contributed by atoms with Gasteiger partial charge >= 0.3 is 0 Å². The van der Waals surface area contributed by atoms with Crippen molar-refractivity contribution in [3.8, 4) is 0 Å². The molecule has 1 heterocycles. The van der Waals surface area contributed by atoms with Crippen LogP contribution < -0.4 is 0 Å². The summed E-state index contributed by atoms with van der Waals surface area (Å²) in [5.41, 5.74) is 2.22. The molecule has 2 aromatic rings. The van der Waals surface area contributed by atoms with Gasteiger partial charge in [0.05, 0.1) is 5.52 Å². The van der Waals surface area contributed by atoms with Crippen molar-refractivity contribution in [3.05, 3.63) is 36.0 Å². The van der Waals surface area contributed by atoms with Crippen molar-refractivity contribution in [2.45, 2.75) is 13.3 Å². The van der Waals surface area contributed by atoms with E-state index in [1.807, 2.05) is 30.5 Å². The first kappa shape index (κ1) is 8.05. The third kappa shape index (κ3) is 1.15.